The molecule has 0 aliphatic carbocycles. The van der Waals surface area contributed by atoms with Crippen molar-refractivity contribution in [3.63, 3.8) is 0 Å². The van der Waals surface area contributed by atoms with Crippen LogP contribution in [0.15, 0.2) is 66.9 Å². The molecule has 0 saturated carbocycles. The highest BCUT2D eigenvalue weighted by atomic mass is 35.5. The molecule has 1 aromatic heterocycles. The average Bonchev–Trinajstić information content (AvgIpc) is 3.27. The Morgan fingerprint density at radius 2 is 1.68 bits per heavy atom. The van der Waals surface area contributed by atoms with Gasteiger partial charge in [-0.3, -0.25) is 9.58 Å². The molecule has 1 aliphatic rings. The fourth-order valence-electron chi connectivity index (χ4n) is 3.94. The van der Waals surface area contributed by atoms with E-state index < -0.39 is 0 Å². The number of rotatable bonds is 6. The highest BCUT2D eigenvalue weighted by Crippen LogP contribution is 2.31. The largest absolute Gasteiger partial charge is 0.330 e. The van der Waals surface area contributed by atoms with E-state index in [0.29, 0.717) is 0 Å². The third kappa shape index (κ3) is 4.64. The van der Waals surface area contributed by atoms with Crippen LogP contribution in [0, 0.1) is 5.41 Å². The molecule has 0 amide bonds. The molecule has 2 N–H and O–H groups in total. The van der Waals surface area contributed by atoms with E-state index in [1.54, 1.807) is 0 Å². The van der Waals surface area contributed by atoms with Gasteiger partial charge in [-0.15, -0.1) is 12.4 Å². The molecule has 1 unspecified atom stereocenters. The Hall–Kier alpha value is -2.14. The van der Waals surface area contributed by atoms with Crippen molar-refractivity contribution in [2.45, 2.75) is 26.4 Å². The van der Waals surface area contributed by atoms with Crippen molar-refractivity contribution in [2.75, 3.05) is 19.6 Å². The number of hydrogen-bond donors (Lipinski definition) is 1. The molecule has 148 valence electrons. The lowest BCUT2D eigenvalue weighted by Gasteiger charge is -2.22. The molecule has 1 saturated heterocycles. The van der Waals surface area contributed by atoms with E-state index in [0.717, 1.165) is 38.4 Å². The van der Waals surface area contributed by atoms with Crippen molar-refractivity contribution < 1.29 is 0 Å². The predicted octanol–water partition coefficient (Wildman–Crippen LogP) is 4.19. The molecule has 0 spiro atoms. The lowest BCUT2D eigenvalue weighted by Crippen LogP contribution is -2.31. The summed E-state index contributed by atoms with van der Waals surface area (Å²) in [4.78, 5) is 2.52. The van der Waals surface area contributed by atoms with Crippen molar-refractivity contribution in [3.8, 4) is 11.3 Å². The Bertz CT molecular complexity index is 878. The lowest BCUT2D eigenvalue weighted by molar-refractivity contribution is 0.274. The summed E-state index contributed by atoms with van der Waals surface area (Å²) in [7, 11) is 0. The number of hydrogen-bond acceptors (Lipinski definition) is 3. The highest BCUT2D eigenvalue weighted by molar-refractivity contribution is 5.85. The topological polar surface area (TPSA) is 47.1 Å². The zero-order chi connectivity index (χ0) is 18.7. The number of benzene rings is 2. The van der Waals surface area contributed by atoms with Crippen molar-refractivity contribution >= 4 is 12.4 Å². The van der Waals surface area contributed by atoms with Gasteiger partial charge < -0.3 is 5.73 Å². The van der Waals surface area contributed by atoms with Crippen LogP contribution >= 0.6 is 12.4 Å². The number of halogens is 1. The maximum absolute atomic E-state index is 5.99. The van der Waals surface area contributed by atoms with Crippen LogP contribution in [0.25, 0.3) is 11.3 Å². The fourth-order valence-corrected chi connectivity index (χ4v) is 3.94. The summed E-state index contributed by atoms with van der Waals surface area (Å²) >= 11 is 0. The van der Waals surface area contributed by atoms with E-state index in [9.17, 15) is 0 Å². The molecule has 1 atom stereocenters. The summed E-state index contributed by atoms with van der Waals surface area (Å²) in [6.07, 6.45) is 3.38. The van der Waals surface area contributed by atoms with Crippen molar-refractivity contribution in [1.29, 1.82) is 0 Å². The van der Waals surface area contributed by atoms with Crippen LogP contribution in [0.5, 0.6) is 0 Å². The van der Waals surface area contributed by atoms with Crippen LogP contribution in [0.1, 0.15) is 24.5 Å². The molecule has 4 nitrogen and oxygen atoms in total. The van der Waals surface area contributed by atoms with Crippen LogP contribution in [0.3, 0.4) is 0 Å². The zero-order valence-electron chi connectivity index (χ0n) is 16.4. The minimum atomic E-state index is 0. The summed E-state index contributed by atoms with van der Waals surface area (Å²) in [5.74, 6) is 0. The van der Waals surface area contributed by atoms with Crippen molar-refractivity contribution in [1.82, 2.24) is 14.7 Å². The maximum atomic E-state index is 5.99. The molecule has 28 heavy (non-hydrogen) atoms. The summed E-state index contributed by atoms with van der Waals surface area (Å²) in [6.45, 7) is 6.93. The van der Waals surface area contributed by atoms with Gasteiger partial charge in [0.25, 0.3) is 0 Å². The normalized spacial score (nSPS) is 19.5. The van der Waals surface area contributed by atoms with Gasteiger partial charge in [-0.2, -0.15) is 5.10 Å². The third-order valence-electron chi connectivity index (χ3n) is 5.60. The smallest absolute Gasteiger partial charge is 0.0968 e. The minimum absolute atomic E-state index is 0. The third-order valence-corrected chi connectivity index (χ3v) is 5.60. The van der Waals surface area contributed by atoms with Gasteiger partial charge in [0.15, 0.2) is 0 Å². The number of nitrogens with zero attached hydrogens (tertiary/aromatic N) is 3. The molecule has 4 rings (SSSR count). The first-order valence-corrected chi connectivity index (χ1v) is 9.73. The molecule has 5 heteroatoms. The van der Waals surface area contributed by atoms with E-state index >= 15 is 0 Å². The first-order chi connectivity index (χ1) is 13.1. The van der Waals surface area contributed by atoms with Gasteiger partial charge in [0, 0.05) is 30.4 Å². The summed E-state index contributed by atoms with van der Waals surface area (Å²) < 4.78 is 2.07. The Balaban J connectivity index is 0.00000225. The monoisotopic (exact) mass is 396 g/mol. The fraction of sp³-hybridized carbons (Fsp3) is 0.348. The Morgan fingerprint density at radius 3 is 2.32 bits per heavy atom. The number of aromatic nitrogens is 2. The summed E-state index contributed by atoms with van der Waals surface area (Å²) in [6, 6.07) is 21.0. The van der Waals surface area contributed by atoms with Crippen LogP contribution < -0.4 is 5.73 Å². The Kier molecular flexibility index (Phi) is 6.55. The molecule has 3 aromatic rings. The molecule has 1 fully saturated rings. The summed E-state index contributed by atoms with van der Waals surface area (Å²) in [5, 5.41) is 4.94. The second-order valence-electron chi connectivity index (χ2n) is 8.03. The van der Waals surface area contributed by atoms with E-state index in [1.165, 1.54) is 23.1 Å². The van der Waals surface area contributed by atoms with Gasteiger partial charge in [-0.1, -0.05) is 67.6 Å². The predicted molar refractivity (Wildman–Crippen MR) is 118 cm³/mol. The molecule has 0 radical (unpaired) electrons. The quantitative estimate of drug-likeness (QED) is 0.679. The number of nitrogens with two attached hydrogens (primary N) is 1. The van der Waals surface area contributed by atoms with Gasteiger partial charge >= 0.3 is 0 Å². The SMILES string of the molecule is CC1(CN)CCN(Cc2cn(Cc3ccccc3)nc2-c2ccccc2)C1.Cl. The first kappa shape index (κ1) is 20.6. The molecule has 2 aromatic carbocycles. The van der Waals surface area contributed by atoms with E-state index in [2.05, 4.69) is 83.4 Å². The van der Waals surface area contributed by atoms with Crippen molar-refractivity contribution in [2.24, 2.45) is 11.1 Å². The molecular weight excluding hydrogens is 368 g/mol. The Morgan fingerprint density at radius 1 is 1.00 bits per heavy atom. The number of likely N-dealkylation sites (tertiary alicyclic amines) is 1. The van der Waals surface area contributed by atoms with Gasteiger partial charge in [0.1, 0.15) is 0 Å². The second kappa shape index (κ2) is 8.91. The summed E-state index contributed by atoms with van der Waals surface area (Å²) in [5.41, 5.74) is 11.1. The van der Waals surface area contributed by atoms with Crippen LogP contribution in [-0.4, -0.2) is 34.3 Å². The zero-order valence-corrected chi connectivity index (χ0v) is 17.2. The van der Waals surface area contributed by atoms with Gasteiger partial charge in [-0.25, -0.2) is 0 Å². The van der Waals surface area contributed by atoms with E-state index in [1.807, 2.05) is 0 Å². The second-order valence-corrected chi connectivity index (χ2v) is 8.03. The Labute approximate surface area is 173 Å². The first-order valence-electron chi connectivity index (χ1n) is 9.73. The molecule has 2 heterocycles. The van der Waals surface area contributed by atoms with Gasteiger partial charge in [-0.05, 0) is 30.5 Å². The lowest BCUT2D eigenvalue weighted by atomic mass is 9.90. The van der Waals surface area contributed by atoms with Crippen LogP contribution in [0.4, 0.5) is 0 Å². The molecule has 1 aliphatic heterocycles. The minimum Gasteiger partial charge on any atom is -0.330 e. The highest BCUT2D eigenvalue weighted by Gasteiger charge is 2.32. The standard InChI is InChI=1S/C23H28N4.ClH/c1-23(17-24)12-13-26(18-23)15-21-16-27(14-19-8-4-2-5-9-19)25-22(21)20-10-6-3-7-11-20;/h2-11,16H,12-15,17-18,24H2,1H3;1H. The maximum Gasteiger partial charge on any atom is 0.0968 e. The van der Waals surface area contributed by atoms with Crippen LogP contribution in [0.2, 0.25) is 0 Å². The van der Waals surface area contributed by atoms with Gasteiger partial charge in [0.2, 0.25) is 0 Å². The van der Waals surface area contributed by atoms with Crippen molar-refractivity contribution in [3.05, 3.63) is 78.0 Å². The van der Waals surface area contributed by atoms with E-state index in [4.69, 9.17) is 10.8 Å². The molecule has 0 bridgehead atoms. The van der Waals surface area contributed by atoms with Gasteiger partial charge in [0.05, 0.1) is 12.2 Å². The average molecular weight is 397 g/mol. The molecular formula is C23H29ClN4. The van der Waals surface area contributed by atoms with E-state index in [-0.39, 0.29) is 17.8 Å². The van der Waals surface area contributed by atoms with Crippen LogP contribution in [-0.2, 0) is 13.1 Å².